The third kappa shape index (κ3) is 6.92. The number of hydrogen-bond donors (Lipinski definition) is 0. The van der Waals surface area contributed by atoms with E-state index in [4.69, 9.17) is 0 Å². The molecule has 186 valence electrons. The molecule has 2 atom stereocenters. The van der Waals surface area contributed by atoms with E-state index < -0.39 is 16.1 Å². The summed E-state index contributed by atoms with van der Waals surface area (Å²) in [5, 5.41) is 5.69. The van der Waals surface area contributed by atoms with Crippen molar-refractivity contribution < 1.29 is 0 Å². The summed E-state index contributed by atoms with van der Waals surface area (Å²) in [4.78, 5) is 0. The van der Waals surface area contributed by atoms with Gasteiger partial charge >= 0.3 is 0 Å². The molecule has 0 saturated heterocycles. The molecule has 4 aromatic carbocycles. The van der Waals surface area contributed by atoms with Crippen molar-refractivity contribution >= 4 is 37.4 Å². The van der Waals surface area contributed by atoms with Crippen LogP contribution in [0.1, 0.15) is 46.5 Å². The first-order chi connectivity index (χ1) is 17.7. The Bertz CT molecular complexity index is 973. The topological polar surface area (TPSA) is 3.24 Å². The molecule has 0 saturated carbocycles. The molecule has 0 aliphatic carbocycles. The highest BCUT2D eigenvalue weighted by molar-refractivity contribution is 7.84. The average molecular weight is 512 g/mol. The third-order valence-electron chi connectivity index (χ3n) is 6.67. The highest BCUT2D eigenvalue weighted by atomic mass is 31.2. The van der Waals surface area contributed by atoms with Crippen molar-refractivity contribution in [2.75, 3.05) is 0 Å². The van der Waals surface area contributed by atoms with E-state index in [-0.39, 0.29) is 0 Å². The first-order valence-corrected chi connectivity index (χ1v) is 15.9. The molecule has 0 spiro atoms. The molecule has 0 fully saturated rings. The molecule has 0 amide bonds. The highest BCUT2D eigenvalue weighted by Crippen LogP contribution is 2.56. The molecule has 4 rings (SSSR count). The predicted octanol–water partition coefficient (Wildman–Crippen LogP) is 7.99. The Morgan fingerprint density at radius 2 is 0.833 bits per heavy atom. The van der Waals surface area contributed by atoms with Crippen LogP contribution in [0.25, 0.3) is 0 Å². The van der Waals surface area contributed by atoms with Crippen LogP contribution in [0.15, 0.2) is 121 Å². The Kier molecular flexibility index (Phi) is 10.3. The normalized spacial score (nSPS) is 13.3. The first-order valence-electron chi connectivity index (χ1n) is 13.3. The molecule has 1 nitrogen and oxygen atoms in total. The van der Waals surface area contributed by atoms with Crippen molar-refractivity contribution in [3.05, 3.63) is 121 Å². The highest BCUT2D eigenvalue weighted by Gasteiger charge is 2.34. The van der Waals surface area contributed by atoms with E-state index in [1.165, 1.54) is 46.9 Å². The van der Waals surface area contributed by atoms with Crippen LogP contribution in [0.2, 0.25) is 0 Å². The summed E-state index contributed by atoms with van der Waals surface area (Å²) in [6.07, 6.45) is 5.05. The Labute approximate surface area is 221 Å². The number of nitrogens with zero attached hydrogens (tertiary/aromatic N) is 1. The zero-order valence-electron chi connectivity index (χ0n) is 21.9. The molecular weight excluding hydrogens is 472 g/mol. The molecular formula is C33H39NP2. The summed E-state index contributed by atoms with van der Waals surface area (Å²) in [5.41, 5.74) is 0. The Morgan fingerprint density at radius 1 is 0.500 bits per heavy atom. The van der Waals surface area contributed by atoms with Gasteiger partial charge in [0.2, 0.25) is 0 Å². The number of benzene rings is 4. The summed E-state index contributed by atoms with van der Waals surface area (Å²) in [7, 11) is -1.43. The van der Waals surface area contributed by atoms with Crippen LogP contribution in [0, 0.1) is 5.92 Å². The Hall–Kier alpha value is -2.30. The molecule has 0 aromatic heterocycles. The van der Waals surface area contributed by atoms with Gasteiger partial charge in [0.1, 0.15) is 0 Å². The molecule has 2 unspecified atom stereocenters. The molecule has 0 bridgehead atoms. The lowest BCUT2D eigenvalue weighted by molar-refractivity contribution is 0.404. The second-order valence-corrected chi connectivity index (χ2v) is 14.1. The molecule has 0 N–H and O–H groups in total. The second-order valence-electron chi connectivity index (χ2n) is 9.61. The zero-order valence-corrected chi connectivity index (χ0v) is 23.7. The van der Waals surface area contributed by atoms with Crippen LogP contribution in [-0.2, 0) is 0 Å². The van der Waals surface area contributed by atoms with E-state index in [1.807, 2.05) is 0 Å². The standard InChI is InChI=1S/C33H39NP2/c1-4-17-28(2)26-27-29(3)34(35(30-18-9-5-10-19-30)31-20-11-6-12-21-31)36(32-22-13-7-14-23-32)33-24-15-8-16-25-33/h5-16,18-25,28-29H,4,17,26-27H2,1-3H3. The fraction of sp³-hybridized carbons (Fsp3) is 0.273. The lowest BCUT2D eigenvalue weighted by Gasteiger charge is -2.43. The minimum absolute atomic E-state index is 0.447. The summed E-state index contributed by atoms with van der Waals surface area (Å²) in [6, 6.07) is 45.3. The van der Waals surface area contributed by atoms with Crippen molar-refractivity contribution in [2.45, 2.75) is 52.5 Å². The van der Waals surface area contributed by atoms with Gasteiger partial charge in [-0.15, -0.1) is 0 Å². The summed E-state index contributed by atoms with van der Waals surface area (Å²) >= 11 is 0. The van der Waals surface area contributed by atoms with Gasteiger partial charge in [-0.05, 0) is 46.9 Å². The predicted molar refractivity (Wildman–Crippen MR) is 163 cm³/mol. The van der Waals surface area contributed by atoms with Gasteiger partial charge in [-0.3, -0.25) is 0 Å². The Morgan fingerprint density at radius 3 is 1.14 bits per heavy atom. The van der Waals surface area contributed by atoms with Crippen LogP contribution in [0.5, 0.6) is 0 Å². The van der Waals surface area contributed by atoms with Crippen molar-refractivity contribution in [1.82, 2.24) is 4.44 Å². The molecule has 0 aliphatic rings. The SMILES string of the molecule is CCCC(C)CCC(C)N(P(c1ccccc1)c1ccccc1)P(c1ccccc1)c1ccccc1. The summed E-state index contributed by atoms with van der Waals surface area (Å²) in [6.45, 7) is 7.20. The maximum absolute atomic E-state index is 2.92. The monoisotopic (exact) mass is 511 g/mol. The lowest BCUT2D eigenvalue weighted by Crippen LogP contribution is -2.37. The van der Waals surface area contributed by atoms with Crippen LogP contribution < -0.4 is 21.2 Å². The molecule has 0 heterocycles. The number of hydrogen-bond acceptors (Lipinski definition) is 1. The zero-order chi connectivity index (χ0) is 25.2. The lowest BCUT2D eigenvalue weighted by atomic mass is 9.98. The van der Waals surface area contributed by atoms with Crippen LogP contribution in [-0.4, -0.2) is 10.5 Å². The van der Waals surface area contributed by atoms with Crippen molar-refractivity contribution in [3.8, 4) is 0 Å². The quantitative estimate of drug-likeness (QED) is 0.174. The summed E-state index contributed by atoms with van der Waals surface area (Å²) < 4.78 is 2.92. The van der Waals surface area contributed by atoms with E-state index in [2.05, 4.69) is 147 Å². The number of rotatable bonds is 12. The first kappa shape index (κ1) is 26.8. The fourth-order valence-corrected chi connectivity index (χ4v) is 11.1. The molecule has 4 aromatic rings. The smallest absolute Gasteiger partial charge is 0.0325 e. The van der Waals surface area contributed by atoms with Gasteiger partial charge in [-0.2, -0.15) is 0 Å². The van der Waals surface area contributed by atoms with Crippen molar-refractivity contribution in [3.63, 3.8) is 0 Å². The van der Waals surface area contributed by atoms with Gasteiger partial charge < -0.3 is 0 Å². The van der Waals surface area contributed by atoms with Crippen LogP contribution in [0.3, 0.4) is 0 Å². The van der Waals surface area contributed by atoms with Gasteiger partial charge in [0.15, 0.2) is 0 Å². The molecule has 3 heteroatoms. The second kappa shape index (κ2) is 13.9. The van der Waals surface area contributed by atoms with Gasteiger partial charge in [0.25, 0.3) is 0 Å². The maximum Gasteiger partial charge on any atom is 0.0325 e. The maximum atomic E-state index is 2.92. The van der Waals surface area contributed by atoms with Crippen LogP contribution in [0.4, 0.5) is 0 Å². The van der Waals surface area contributed by atoms with Gasteiger partial charge in [0, 0.05) is 22.2 Å². The Balaban J connectivity index is 1.87. The molecule has 0 aliphatic heterocycles. The summed E-state index contributed by atoms with van der Waals surface area (Å²) in [5.74, 6) is 0.763. The van der Waals surface area contributed by atoms with E-state index in [1.54, 1.807) is 0 Å². The van der Waals surface area contributed by atoms with E-state index in [9.17, 15) is 0 Å². The van der Waals surface area contributed by atoms with Crippen LogP contribution >= 0.6 is 16.1 Å². The minimum Gasteiger partial charge on any atom is -0.242 e. The average Bonchev–Trinajstić information content (AvgIpc) is 2.94. The van der Waals surface area contributed by atoms with Gasteiger partial charge in [-0.25, -0.2) is 4.44 Å². The van der Waals surface area contributed by atoms with E-state index in [0.717, 1.165) is 5.92 Å². The molecule has 0 radical (unpaired) electrons. The third-order valence-corrected chi connectivity index (χ3v) is 12.5. The van der Waals surface area contributed by atoms with Gasteiger partial charge in [0.05, 0.1) is 0 Å². The fourth-order valence-electron chi connectivity index (χ4n) is 4.81. The van der Waals surface area contributed by atoms with Gasteiger partial charge in [-0.1, -0.05) is 148 Å². The van der Waals surface area contributed by atoms with Crippen molar-refractivity contribution in [2.24, 2.45) is 5.92 Å². The minimum atomic E-state index is -0.717. The largest absolute Gasteiger partial charge is 0.242 e. The molecule has 36 heavy (non-hydrogen) atoms. The van der Waals surface area contributed by atoms with E-state index >= 15 is 0 Å². The van der Waals surface area contributed by atoms with E-state index in [0.29, 0.717) is 6.04 Å². The van der Waals surface area contributed by atoms with Crippen molar-refractivity contribution in [1.29, 1.82) is 0 Å².